The summed E-state index contributed by atoms with van der Waals surface area (Å²) in [6.07, 6.45) is 2.61. The predicted molar refractivity (Wildman–Crippen MR) is 61.0 cm³/mol. The zero-order chi connectivity index (χ0) is 10.8. The molecule has 1 aliphatic rings. The van der Waals surface area contributed by atoms with Gasteiger partial charge < -0.3 is 15.8 Å². The largest absolute Gasteiger partial charge is 0.481 e. The molecule has 1 aromatic heterocycles. The quantitative estimate of drug-likeness (QED) is 0.791. The van der Waals surface area contributed by atoms with Crippen LogP contribution in [-0.4, -0.2) is 18.1 Å². The first-order chi connectivity index (χ1) is 7.20. The number of nitrogens with one attached hydrogen (secondary N) is 1. The van der Waals surface area contributed by atoms with Gasteiger partial charge in [0.05, 0.1) is 12.8 Å². The van der Waals surface area contributed by atoms with E-state index in [9.17, 15) is 0 Å². The van der Waals surface area contributed by atoms with Crippen LogP contribution < -0.4 is 15.8 Å². The van der Waals surface area contributed by atoms with Crippen LogP contribution in [0, 0.1) is 5.92 Å². The van der Waals surface area contributed by atoms with Crippen LogP contribution in [-0.2, 0) is 0 Å². The second kappa shape index (κ2) is 3.96. The molecule has 0 aromatic carbocycles. The number of nitrogens with two attached hydrogens (primary N) is 1. The second-order valence-corrected chi connectivity index (χ2v) is 4.06. The molecule has 15 heavy (non-hydrogen) atoms. The third kappa shape index (κ3) is 2.32. The molecule has 1 heterocycles. The fraction of sp³-hybridized carbons (Fsp3) is 0.545. The van der Waals surface area contributed by atoms with Crippen LogP contribution in [0.25, 0.3) is 0 Å². The normalized spacial score (nSPS) is 17.2. The van der Waals surface area contributed by atoms with Gasteiger partial charge in [0.1, 0.15) is 0 Å². The Hall–Kier alpha value is -1.45. The molecule has 0 spiro atoms. The molecule has 0 amide bonds. The molecule has 0 bridgehead atoms. The van der Waals surface area contributed by atoms with E-state index in [2.05, 4.69) is 17.2 Å². The third-order valence-electron chi connectivity index (χ3n) is 2.80. The SMILES string of the molecule is COc1ccc(N)c(NC(C)C2CC2)n1. The van der Waals surface area contributed by atoms with Gasteiger partial charge in [-0.05, 0) is 31.7 Å². The van der Waals surface area contributed by atoms with Crippen molar-refractivity contribution >= 4 is 11.5 Å². The summed E-state index contributed by atoms with van der Waals surface area (Å²) in [6, 6.07) is 4.02. The van der Waals surface area contributed by atoms with Crippen LogP contribution in [0.5, 0.6) is 5.88 Å². The summed E-state index contributed by atoms with van der Waals surface area (Å²) in [6.45, 7) is 2.16. The van der Waals surface area contributed by atoms with E-state index < -0.39 is 0 Å². The highest BCUT2D eigenvalue weighted by Crippen LogP contribution is 2.34. The highest BCUT2D eigenvalue weighted by molar-refractivity contribution is 5.62. The molecule has 1 saturated carbocycles. The molecule has 0 aliphatic heterocycles. The van der Waals surface area contributed by atoms with Crippen molar-refractivity contribution in [2.24, 2.45) is 5.92 Å². The van der Waals surface area contributed by atoms with E-state index in [0.717, 1.165) is 11.7 Å². The molecule has 3 N–H and O–H groups in total. The topological polar surface area (TPSA) is 60.2 Å². The lowest BCUT2D eigenvalue weighted by Crippen LogP contribution is -2.19. The van der Waals surface area contributed by atoms with Crippen LogP contribution >= 0.6 is 0 Å². The molecule has 1 atom stereocenters. The molecule has 0 saturated heterocycles. The molecule has 0 radical (unpaired) electrons. The summed E-state index contributed by atoms with van der Waals surface area (Å²) >= 11 is 0. The van der Waals surface area contributed by atoms with Gasteiger partial charge in [-0.3, -0.25) is 0 Å². The first kappa shape index (κ1) is 10.1. The van der Waals surface area contributed by atoms with Gasteiger partial charge in [0.15, 0.2) is 5.82 Å². The monoisotopic (exact) mass is 207 g/mol. The number of ether oxygens (including phenoxy) is 1. The Morgan fingerprint density at radius 2 is 2.27 bits per heavy atom. The minimum atomic E-state index is 0.437. The van der Waals surface area contributed by atoms with Crippen molar-refractivity contribution in [2.75, 3.05) is 18.2 Å². The van der Waals surface area contributed by atoms with E-state index >= 15 is 0 Å². The van der Waals surface area contributed by atoms with Crippen molar-refractivity contribution in [3.8, 4) is 5.88 Å². The van der Waals surface area contributed by atoms with Crippen LogP contribution in [0.4, 0.5) is 11.5 Å². The number of nitrogens with zero attached hydrogens (tertiary/aromatic N) is 1. The number of nitrogen functional groups attached to an aromatic ring is 1. The molecule has 1 aromatic rings. The first-order valence-electron chi connectivity index (χ1n) is 5.27. The second-order valence-electron chi connectivity index (χ2n) is 4.06. The van der Waals surface area contributed by atoms with Crippen LogP contribution in [0.1, 0.15) is 19.8 Å². The maximum Gasteiger partial charge on any atom is 0.215 e. The zero-order valence-electron chi connectivity index (χ0n) is 9.16. The third-order valence-corrected chi connectivity index (χ3v) is 2.80. The summed E-state index contributed by atoms with van der Waals surface area (Å²) in [5, 5.41) is 3.33. The predicted octanol–water partition coefficient (Wildman–Crippen LogP) is 1.88. The Morgan fingerprint density at radius 1 is 1.53 bits per heavy atom. The molecular weight excluding hydrogens is 190 g/mol. The van der Waals surface area contributed by atoms with Gasteiger partial charge in [-0.2, -0.15) is 4.98 Å². The number of anilines is 2. The fourth-order valence-corrected chi connectivity index (χ4v) is 1.61. The molecule has 4 nitrogen and oxygen atoms in total. The molecular formula is C11H17N3O. The number of hydrogen-bond donors (Lipinski definition) is 2. The van der Waals surface area contributed by atoms with Gasteiger partial charge in [0.25, 0.3) is 0 Å². The summed E-state index contributed by atoms with van der Waals surface area (Å²) in [4.78, 5) is 4.28. The van der Waals surface area contributed by atoms with Crippen LogP contribution in [0.15, 0.2) is 12.1 Å². The Labute approximate surface area is 89.8 Å². The lowest BCUT2D eigenvalue weighted by Gasteiger charge is -2.15. The average molecular weight is 207 g/mol. The van der Waals surface area contributed by atoms with Crippen molar-refractivity contribution in [3.05, 3.63) is 12.1 Å². The number of methoxy groups -OCH3 is 1. The molecule has 2 rings (SSSR count). The van der Waals surface area contributed by atoms with Crippen molar-refractivity contribution in [1.82, 2.24) is 4.98 Å². The van der Waals surface area contributed by atoms with E-state index in [4.69, 9.17) is 10.5 Å². The van der Waals surface area contributed by atoms with E-state index in [0.29, 0.717) is 17.6 Å². The molecule has 1 unspecified atom stereocenters. The van der Waals surface area contributed by atoms with Crippen LogP contribution in [0.3, 0.4) is 0 Å². The smallest absolute Gasteiger partial charge is 0.215 e. The highest BCUT2D eigenvalue weighted by Gasteiger charge is 2.28. The molecule has 82 valence electrons. The average Bonchev–Trinajstić information content (AvgIpc) is 3.04. The van der Waals surface area contributed by atoms with Gasteiger partial charge in [0.2, 0.25) is 5.88 Å². The van der Waals surface area contributed by atoms with Gasteiger partial charge in [0, 0.05) is 12.1 Å². The number of hydrogen-bond acceptors (Lipinski definition) is 4. The van der Waals surface area contributed by atoms with E-state index in [1.807, 2.05) is 6.07 Å². The zero-order valence-corrected chi connectivity index (χ0v) is 9.16. The van der Waals surface area contributed by atoms with Gasteiger partial charge in [-0.25, -0.2) is 0 Å². The highest BCUT2D eigenvalue weighted by atomic mass is 16.5. The first-order valence-corrected chi connectivity index (χ1v) is 5.27. The van der Waals surface area contributed by atoms with Crippen molar-refractivity contribution in [2.45, 2.75) is 25.8 Å². The number of aromatic nitrogens is 1. The number of rotatable bonds is 4. The Morgan fingerprint density at radius 3 is 2.87 bits per heavy atom. The van der Waals surface area contributed by atoms with Crippen molar-refractivity contribution in [3.63, 3.8) is 0 Å². The van der Waals surface area contributed by atoms with E-state index in [-0.39, 0.29) is 0 Å². The van der Waals surface area contributed by atoms with Crippen molar-refractivity contribution in [1.29, 1.82) is 0 Å². The minimum absolute atomic E-state index is 0.437. The van der Waals surface area contributed by atoms with Crippen LogP contribution in [0.2, 0.25) is 0 Å². The number of pyridine rings is 1. The Balaban J connectivity index is 2.11. The summed E-state index contributed by atoms with van der Waals surface area (Å²) in [5.41, 5.74) is 6.50. The van der Waals surface area contributed by atoms with Gasteiger partial charge >= 0.3 is 0 Å². The maximum atomic E-state index is 5.83. The standard InChI is InChI=1S/C11H17N3O/c1-7(8-3-4-8)13-11-9(12)5-6-10(14-11)15-2/h5-8H,3-4,12H2,1-2H3,(H,13,14). The maximum absolute atomic E-state index is 5.83. The molecule has 4 heteroatoms. The van der Waals surface area contributed by atoms with Crippen molar-refractivity contribution < 1.29 is 4.74 Å². The lowest BCUT2D eigenvalue weighted by atomic mass is 10.2. The van der Waals surface area contributed by atoms with E-state index in [1.165, 1.54) is 12.8 Å². The summed E-state index contributed by atoms with van der Waals surface area (Å²) in [7, 11) is 1.60. The Kier molecular flexibility index (Phi) is 2.66. The fourth-order valence-electron chi connectivity index (χ4n) is 1.61. The lowest BCUT2D eigenvalue weighted by molar-refractivity contribution is 0.398. The van der Waals surface area contributed by atoms with Gasteiger partial charge in [-0.1, -0.05) is 0 Å². The summed E-state index contributed by atoms with van der Waals surface area (Å²) in [5.74, 6) is 2.10. The van der Waals surface area contributed by atoms with Gasteiger partial charge in [-0.15, -0.1) is 0 Å². The molecule has 1 fully saturated rings. The summed E-state index contributed by atoms with van der Waals surface area (Å²) < 4.78 is 5.06. The molecule has 1 aliphatic carbocycles. The Bertz CT molecular complexity index is 350. The minimum Gasteiger partial charge on any atom is -0.481 e. The van der Waals surface area contributed by atoms with E-state index in [1.54, 1.807) is 13.2 Å².